The Bertz CT molecular complexity index is 1090. The van der Waals surface area contributed by atoms with Crippen molar-refractivity contribution in [2.45, 2.75) is 29.5 Å². The van der Waals surface area contributed by atoms with Crippen molar-refractivity contribution in [2.75, 3.05) is 4.72 Å². The van der Waals surface area contributed by atoms with Crippen LogP contribution in [0, 0.1) is 0 Å². The van der Waals surface area contributed by atoms with Gasteiger partial charge in [-0.25, -0.2) is 8.42 Å². The van der Waals surface area contributed by atoms with E-state index in [-0.39, 0.29) is 16.2 Å². The van der Waals surface area contributed by atoms with Crippen LogP contribution in [0.3, 0.4) is 0 Å². The summed E-state index contributed by atoms with van der Waals surface area (Å²) in [6, 6.07) is 17.9. The molecule has 1 atom stereocenters. The number of anilines is 1. The molecule has 3 aromatic rings. The maximum Gasteiger partial charge on any atom is 0.271 e. The van der Waals surface area contributed by atoms with Gasteiger partial charge in [-0.15, -0.1) is 11.3 Å². The third-order valence-electron chi connectivity index (χ3n) is 4.81. The normalized spacial score (nSPS) is 16.2. The first-order valence-corrected chi connectivity index (χ1v) is 11.4. The average Bonchev–Trinajstić information content (AvgIpc) is 3.24. The smallest absolute Gasteiger partial charge is 0.271 e. The number of benzene rings is 2. The summed E-state index contributed by atoms with van der Waals surface area (Å²) >= 11 is 1.15. The summed E-state index contributed by atoms with van der Waals surface area (Å²) < 4.78 is 27.6. The molecule has 0 saturated heterocycles. The Morgan fingerprint density at radius 1 is 1.04 bits per heavy atom. The average molecular weight is 413 g/mol. The number of aryl methyl sites for hydroxylation is 1. The molecular formula is C21H20N2O3S2. The van der Waals surface area contributed by atoms with Gasteiger partial charge in [-0.2, -0.15) is 0 Å². The summed E-state index contributed by atoms with van der Waals surface area (Å²) in [5, 5.41) is 4.80. The Morgan fingerprint density at radius 2 is 1.89 bits per heavy atom. The lowest BCUT2D eigenvalue weighted by Crippen LogP contribution is -2.31. The molecule has 1 amide bonds. The van der Waals surface area contributed by atoms with Crippen molar-refractivity contribution in [1.82, 2.24) is 5.32 Å². The zero-order valence-corrected chi connectivity index (χ0v) is 16.7. The van der Waals surface area contributed by atoms with Crippen LogP contribution in [-0.2, 0) is 16.4 Å². The molecule has 0 aliphatic heterocycles. The number of fused-ring (bicyclic) bond motifs is 1. The van der Waals surface area contributed by atoms with E-state index in [2.05, 4.69) is 22.2 Å². The number of rotatable bonds is 5. The van der Waals surface area contributed by atoms with Crippen molar-refractivity contribution in [2.24, 2.45) is 0 Å². The van der Waals surface area contributed by atoms with Crippen molar-refractivity contribution >= 4 is 33.0 Å². The Kier molecular flexibility index (Phi) is 5.19. The van der Waals surface area contributed by atoms with Crippen LogP contribution in [0.4, 0.5) is 5.69 Å². The highest BCUT2D eigenvalue weighted by Crippen LogP contribution is 2.30. The van der Waals surface area contributed by atoms with Gasteiger partial charge in [-0.05, 0) is 60.0 Å². The summed E-state index contributed by atoms with van der Waals surface area (Å²) in [5.74, 6) is -0.209. The summed E-state index contributed by atoms with van der Waals surface area (Å²) in [5.41, 5.74) is 3.23. The van der Waals surface area contributed by atoms with Crippen LogP contribution in [0.5, 0.6) is 0 Å². The number of hydrogen-bond acceptors (Lipinski definition) is 4. The Morgan fingerprint density at radius 3 is 2.71 bits per heavy atom. The fourth-order valence-corrected chi connectivity index (χ4v) is 5.53. The highest BCUT2D eigenvalue weighted by molar-refractivity contribution is 7.94. The minimum atomic E-state index is -3.64. The fraction of sp³-hybridized carbons (Fsp3) is 0.190. The first-order valence-electron chi connectivity index (χ1n) is 9.08. The first kappa shape index (κ1) is 18.7. The van der Waals surface area contributed by atoms with Crippen molar-refractivity contribution in [3.63, 3.8) is 0 Å². The molecule has 0 spiro atoms. The van der Waals surface area contributed by atoms with E-state index in [4.69, 9.17) is 0 Å². The van der Waals surface area contributed by atoms with Crippen LogP contribution >= 0.6 is 11.3 Å². The van der Waals surface area contributed by atoms with E-state index in [0.717, 1.165) is 36.2 Å². The van der Waals surface area contributed by atoms with Crippen LogP contribution in [0.25, 0.3) is 0 Å². The van der Waals surface area contributed by atoms with Crippen molar-refractivity contribution in [1.29, 1.82) is 0 Å². The van der Waals surface area contributed by atoms with Crippen LogP contribution < -0.4 is 10.0 Å². The third kappa shape index (κ3) is 3.95. The van der Waals surface area contributed by atoms with Gasteiger partial charge < -0.3 is 5.32 Å². The zero-order valence-electron chi connectivity index (χ0n) is 15.1. The third-order valence-corrected chi connectivity index (χ3v) is 7.59. The summed E-state index contributed by atoms with van der Waals surface area (Å²) in [6.45, 7) is 0. The monoisotopic (exact) mass is 412 g/mol. The molecule has 0 radical (unpaired) electrons. The van der Waals surface area contributed by atoms with Crippen LogP contribution in [0.15, 0.2) is 70.3 Å². The summed E-state index contributed by atoms with van der Waals surface area (Å²) in [4.78, 5) is 12.8. The summed E-state index contributed by atoms with van der Waals surface area (Å²) in [6.07, 6.45) is 2.96. The molecule has 1 unspecified atom stereocenters. The van der Waals surface area contributed by atoms with Crippen molar-refractivity contribution in [3.8, 4) is 0 Å². The molecule has 0 bridgehead atoms. The van der Waals surface area contributed by atoms with E-state index in [1.807, 2.05) is 12.1 Å². The van der Waals surface area contributed by atoms with Gasteiger partial charge in [0.2, 0.25) is 0 Å². The van der Waals surface area contributed by atoms with E-state index in [9.17, 15) is 13.2 Å². The van der Waals surface area contributed by atoms with Gasteiger partial charge >= 0.3 is 0 Å². The number of sulfonamides is 1. The van der Waals surface area contributed by atoms with Gasteiger partial charge in [0.05, 0.1) is 6.04 Å². The highest BCUT2D eigenvalue weighted by atomic mass is 32.2. The molecule has 4 rings (SSSR count). The molecular weight excluding hydrogens is 392 g/mol. The maximum absolute atomic E-state index is 12.8. The molecule has 1 aliphatic carbocycles. The highest BCUT2D eigenvalue weighted by Gasteiger charge is 2.22. The van der Waals surface area contributed by atoms with Gasteiger partial charge in [0, 0.05) is 11.3 Å². The van der Waals surface area contributed by atoms with Gasteiger partial charge in [0.15, 0.2) is 0 Å². The second-order valence-corrected chi connectivity index (χ2v) is 9.59. The molecule has 1 heterocycles. The number of amides is 1. The molecule has 1 aromatic heterocycles. The van der Waals surface area contributed by atoms with E-state index < -0.39 is 10.0 Å². The molecule has 2 aromatic carbocycles. The van der Waals surface area contributed by atoms with Gasteiger partial charge in [0.1, 0.15) is 4.21 Å². The minimum absolute atomic E-state index is 0.0242. The lowest BCUT2D eigenvalue weighted by atomic mass is 9.87. The lowest BCUT2D eigenvalue weighted by Gasteiger charge is -2.26. The van der Waals surface area contributed by atoms with Gasteiger partial charge in [0.25, 0.3) is 15.9 Å². The fourth-order valence-electron chi connectivity index (χ4n) is 3.49. The number of carbonyl (C=O) groups is 1. The maximum atomic E-state index is 12.8. The predicted octanol–water partition coefficient (Wildman–Crippen LogP) is 4.36. The molecule has 7 heteroatoms. The summed E-state index contributed by atoms with van der Waals surface area (Å²) in [7, 11) is -3.64. The standard InChI is InChI=1S/C21H20N2O3S2/c24-21(22-19-11-4-7-15-6-1-2-10-18(15)19)16-8-3-9-17(14-16)23-28(25,26)20-12-5-13-27-20/h1-3,5-6,8-10,12-14,19,23H,4,7,11H2,(H,22,24). The van der Waals surface area contributed by atoms with E-state index in [0.29, 0.717) is 11.3 Å². The minimum Gasteiger partial charge on any atom is -0.345 e. The molecule has 2 N–H and O–H groups in total. The molecule has 1 aliphatic rings. The van der Waals surface area contributed by atoms with E-state index in [1.165, 1.54) is 5.56 Å². The van der Waals surface area contributed by atoms with Crippen molar-refractivity contribution < 1.29 is 13.2 Å². The quantitative estimate of drug-likeness (QED) is 0.654. The Balaban J connectivity index is 1.51. The van der Waals surface area contributed by atoms with E-state index >= 15 is 0 Å². The zero-order chi connectivity index (χ0) is 19.6. The molecule has 0 saturated carbocycles. The Labute approximate surface area is 168 Å². The Hall–Kier alpha value is -2.64. The lowest BCUT2D eigenvalue weighted by molar-refractivity contribution is 0.0933. The van der Waals surface area contributed by atoms with Crippen molar-refractivity contribution in [3.05, 3.63) is 82.7 Å². The molecule has 28 heavy (non-hydrogen) atoms. The first-order chi connectivity index (χ1) is 13.5. The second-order valence-electron chi connectivity index (χ2n) is 6.74. The van der Waals surface area contributed by atoms with Gasteiger partial charge in [-0.3, -0.25) is 9.52 Å². The second kappa shape index (κ2) is 7.77. The SMILES string of the molecule is O=C(NC1CCCc2ccccc21)c1cccc(NS(=O)(=O)c2cccs2)c1. The van der Waals surface area contributed by atoms with Crippen LogP contribution in [-0.4, -0.2) is 14.3 Å². The molecule has 0 fully saturated rings. The van der Waals surface area contributed by atoms with E-state index in [1.54, 1.807) is 41.8 Å². The van der Waals surface area contributed by atoms with Crippen LogP contribution in [0.1, 0.15) is 40.4 Å². The molecule has 144 valence electrons. The number of thiophene rings is 1. The predicted molar refractivity (Wildman–Crippen MR) is 111 cm³/mol. The van der Waals surface area contributed by atoms with Gasteiger partial charge in [-0.1, -0.05) is 36.4 Å². The topological polar surface area (TPSA) is 75.3 Å². The number of nitrogens with one attached hydrogen (secondary N) is 2. The molecule has 5 nitrogen and oxygen atoms in total. The number of carbonyl (C=O) groups excluding carboxylic acids is 1. The van der Waals surface area contributed by atoms with Crippen LogP contribution in [0.2, 0.25) is 0 Å². The number of hydrogen-bond donors (Lipinski definition) is 2. The largest absolute Gasteiger partial charge is 0.345 e.